The van der Waals surface area contributed by atoms with E-state index in [1.54, 1.807) is 12.4 Å². The van der Waals surface area contributed by atoms with Crippen LogP contribution in [-0.4, -0.2) is 15.1 Å². The molecule has 0 radical (unpaired) electrons. The maximum Gasteiger partial charge on any atom is 0.151 e. The number of aliphatic hydroxyl groups excluding tert-OH is 1. The van der Waals surface area contributed by atoms with E-state index < -0.39 is 6.10 Å². The summed E-state index contributed by atoms with van der Waals surface area (Å²) >= 11 is 0. The SMILES string of the molecule is CC(C)[C@@H](O)c1cnc(/C=C\C(C)(C)C)nc1. The van der Waals surface area contributed by atoms with Gasteiger partial charge in [0.15, 0.2) is 5.82 Å². The van der Waals surface area contributed by atoms with Gasteiger partial charge in [0, 0.05) is 18.0 Å². The molecule has 94 valence electrons. The average molecular weight is 234 g/mol. The molecule has 1 atom stereocenters. The number of aromatic nitrogens is 2. The molecule has 3 heteroatoms. The third-order valence-electron chi connectivity index (χ3n) is 2.40. The van der Waals surface area contributed by atoms with Gasteiger partial charge in [-0.25, -0.2) is 9.97 Å². The first-order chi connectivity index (χ1) is 7.79. The van der Waals surface area contributed by atoms with E-state index in [1.165, 1.54) is 0 Å². The highest BCUT2D eigenvalue weighted by Gasteiger charge is 2.12. The van der Waals surface area contributed by atoms with Gasteiger partial charge < -0.3 is 5.11 Å². The number of nitrogens with zero attached hydrogens (tertiary/aromatic N) is 2. The third-order valence-corrected chi connectivity index (χ3v) is 2.40. The minimum atomic E-state index is -0.490. The molecule has 0 amide bonds. The second kappa shape index (κ2) is 5.41. The van der Waals surface area contributed by atoms with Crippen molar-refractivity contribution in [3.05, 3.63) is 29.9 Å². The summed E-state index contributed by atoms with van der Waals surface area (Å²) in [4.78, 5) is 8.45. The van der Waals surface area contributed by atoms with Crippen molar-refractivity contribution in [2.24, 2.45) is 11.3 Å². The Morgan fingerprint density at radius 3 is 2.12 bits per heavy atom. The van der Waals surface area contributed by atoms with Crippen molar-refractivity contribution in [1.82, 2.24) is 9.97 Å². The Hall–Kier alpha value is -1.22. The number of rotatable bonds is 3. The topological polar surface area (TPSA) is 46.0 Å². The maximum atomic E-state index is 9.85. The molecular weight excluding hydrogens is 212 g/mol. The lowest BCUT2D eigenvalue weighted by atomic mass is 9.96. The van der Waals surface area contributed by atoms with E-state index in [4.69, 9.17) is 0 Å². The minimum Gasteiger partial charge on any atom is -0.388 e. The summed E-state index contributed by atoms with van der Waals surface area (Å²) in [6.45, 7) is 10.3. The van der Waals surface area contributed by atoms with Gasteiger partial charge in [-0.15, -0.1) is 0 Å². The molecule has 1 rings (SSSR count). The van der Waals surface area contributed by atoms with Gasteiger partial charge in [-0.2, -0.15) is 0 Å². The van der Waals surface area contributed by atoms with Crippen LogP contribution in [-0.2, 0) is 0 Å². The molecule has 0 saturated carbocycles. The van der Waals surface area contributed by atoms with Crippen LogP contribution < -0.4 is 0 Å². The first-order valence-electron chi connectivity index (χ1n) is 5.99. The average Bonchev–Trinajstić information content (AvgIpc) is 2.25. The van der Waals surface area contributed by atoms with Crippen molar-refractivity contribution in [3.8, 4) is 0 Å². The predicted molar refractivity (Wildman–Crippen MR) is 70.3 cm³/mol. The number of aliphatic hydroxyl groups is 1. The molecule has 1 aromatic rings. The molecule has 3 nitrogen and oxygen atoms in total. The Labute approximate surface area is 104 Å². The second-order valence-electron chi connectivity index (χ2n) is 5.76. The van der Waals surface area contributed by atoms with E-state index in [1.807, 2.05) is 19.9 Å². The van der Waals surface area contributed by atoms with E-state index in [-0.39, 0.29) is 11.3 Å². The van der Waals surface area contributed by atoms with Crippen LogP contribution in [0.4, 0.5) is 0 Å². The van der Waals surface area contributed by atoms with Crippen molar-refractivity contribution >= 4 is 6.08 Å². The van der Waals surface area contributed by atoms with Crippen molar-refractivity contribution in [2.75, 3.05) is 0 Å². The molecule has 1 aromatic heterocycles. The molecule has 0 saturated heterocycles. The van der Waals surface area contributed by atoms with Gasteiger partial charge in [0.05, 0.1) is 6.10 Å². The van der Waals surface area contributed by atoms with Crippen LogP contribution >= 0.6 is 0 Å². The van der Waals surface area contributed by atoms with Crippen LogP contribution in [0.5, 0.6) is 0 Å². The third kappa shape index (κ3) is 4.65. The monoisotopic (exact) mass is 234 g/mol. The van der Waals surface area contributed by atoms with Gasteiger partial charge in [0.2, 0.25) is 0 Å². The molecule has 1 heterocycles. The zero-order chi connectivity index (χ0) is 13.1. The maximum absolute atomic E-state index is 9.85. The van der Waals surface area contributed by atoms with Gasteiger partial charge in [-0.3, -0.25) is 0 Å². The van der Waals surface area contributed by atoms with Crippen molar-refractivity contribution in [2.45, 2.75) is 40.7 Å². The molecule has 1 N–H and O–H groups in total. The van der Waals surface area contributed by atoms with Gasteiger partial charge in [0.1, 0.15) is 0 Å². The summed E-state index contributed by atoms with van der Waals surface area (Å²) in [5, 5.41) is 9.85. The van der Waals surface area contributed by atoms with Gasteiger partial charge >= 0.3 is 0 Å². The molecule has 0 aliphatic carbocycles. The van der Waals surface area contributed by atoms with Crippen LogP contribution in [0.1, 0.15) is 52.1 Å². The number of hydrogen-bond donors (Lipinski definition) is 1. The quantitative estimate of drug-likeness (QED) is 0.873. The molecule has 0 aliphatic heterocycles. The molecule has 0 aliphatic rings. The smallest absolute Gasteiger partial charge is 0.151 e. The summed E-state index contributed by atoms with van der Waals surface area (Å²) in [6.07, 6.45) is 6.88. The van der Waals surface area contributed by atoms with Crippen LogP contribution in [0.25, 0.3) is 6.08 Å². The Kier molecular flexibility index (Phi) is 4.40. The van der Waals surface area contributed by atoms with E-state index >= 15 is 0 Å². The lowest BCUT2D eigenvalue weighted by molar-refractivity contribution is 0.126. The van der Waals surface area contributed by atoms with Crippen LogP contribution in [0.2, 0.25) is 0 Å². The lowest BCUT2D eigenvalue weighted by Crippen LogP contribution is -2.07. The standard InChI is InChI=1S/C14H22N2O/c1-10(2)13(17)11-8-15-12(16-9-11)6-7-14(3,4)5/h6-10,13,17H,1-5H3/b7-6-/t13-/m1/s1. The van der Waals surface area contributed by atoms with Crippen LogP contribution in [0, 0.1) is 11.3 Å². The molecule has 17 heavy (non-hydrogen) atoms. The van der Waals surface area contributed by atoms with E-state index in [9.17, 15) is 5.11 Å². The Morgan fingerprint density at radius 2 is 1.71 bits per heavy atom. The Balaban J connectivity index is 2.79. The zero-order valence-corrected chi connectivity index (χ0v) is 11.3. The van der Waals surface area contributed by atoms with Gasteiger partial charge in [-0.1, -0.05) is 40.7 Å². The molecule has 0 bridgehead atoms. The number of allylic oxidation sites excluding steroid dienone is 1. The highest BCUT2D eigenvalue weighted by molar-refractivity contribution is 5.40. The number of hydrogen-bond acceptors (Lipinski definition) is 3. The molecule has 0 unspecified atom stereocenters. The normalized spacial score (nSPS) is 14.5. The first-order valence-corrected chi connectivity index (χ1v) is 5.99. The zero-order valence-electron chi connectivity index (χ0n) is 11.3. The molecule has 0 fully saturated rings. The van der Waals surface area contributed by atoms with E-state index in [0.717, 1.165) is 5.56 Å². The summed E-state index contributed by atoms with van der Waals surface area (Å²) in [6, 6.07) is 0. The summed E-state index contributed by atoms with van der Waals surface area (Å²) in [5.41, 5.74) is 0.896. The van der Waals surface area contributed by atoms with Gasteiger partial charge in [0.25, 0.3) is 0 Å². The van der Waals surface area contributed by atoms with Crippen LogP contribution in [0.15, 0.2) is 18.5 Å². The minimum absolute atomic E-state index is 0.124. The fraction of sp³-hybridized carbons (Fsp3) is 0.571. The van der Waals surface area contributed by atoms with E-state index in [2.05, 4.69) is 36.8 Å². The second-order valence-corrected chi connectivity index (χ2v) is 5.76. The molecular formula is C14H22N2O. The van der Waals surface area contributed by atoms with Crippen molar-refractivity contribution < 1.29 is 5.11 Å². The lowest BCUT2D eigenvalue weighted by Gasteiger charge is -2.14. The predicted octanol–water partition coefficient (Wildman–Crippen LogP) is 3.23. The molecule has 0 spiro atoms. The summed E-state index contributed by atoms with van der Waals surface area (Å²) in [5.74, 6) is 0.856. The fourth-order valence-electron chi connectivity index (χ4n) is 1.30. The van der Waals surface area contributed by atoms with Crippen molar-refractivity contribution in [1.29, 1.82) is 0 Å². The molecule has 0 aromatic carbocycles. The van der Waals surface area contributed by atoms with E-state index in [0.29, 0.717) is 5.82 Å². The summed E-state index contributed by atoms with van der Waals surface area (Å²) in [7, 11) is 0. The summed E-state index contributed by atoms with van der Waals surface area (Å²) < 4.78 is 0. The largest absolute Gasteiger partial charge is 0.388 e. The first kappa shape index (κ1) is 13.8. The van der Waals surface area contributed by atoms with Crippen molar-refractivity contribution in [3.63, 3.8) is 0 Å². The highest BCUT2D eigenvalue weighted by Crippen LogP contribution is 2.20. The fourth-order valence-corrected chi connectivity index (χ4v) is 1.30. The Morgan fingerprint density at radius 1 is 1.18 bits per heavy atom. The van der Waals surface area contributed by atoms with Crippen LogP contribution in [0.3, 0.4) is 0 Å². The Bertz CT molecular complexity index is 374. The highest BCUT2D eigenvalue weighted by atomic mass is 16.3. The van der Waals surface area contributed by atoms with Gasteiger partial charge in [-0.05, 0) is 17.4 Å².